The molecule has 136 valence electrons. The summed E-state index contributed by atoms with van der Waals surface area (Å²) >= 11 is 0. The van der Waals surface area contributed by atoms with Crippen molar-refractivity contribution in [3.63, 3.8) is 0 Å². The van der Waals surface area contributed by atoms with Crippen molar-refractivity contribution in [3.8, 4) is 0 Å². The minimum Gasteiger partial charge on any atom is -0.465 e. The van der Waals surface area contributed by atoms with Crippen LogP contribution in [-0.2, 0) is 9.59 Å². The molecule has 1 fully saturated rings. The molecule has 10 nitrogen and oxygen atoms in total. The summed E-state index contributed by atoms with van der Waals surface area (Å²) in [6.07, 6.45) is -0.359. The van der Waals surface area contributed by atoms with Gasteiger partial charge in [-0.25, -0.2) is 9.79 Å². The van der Waals surface area contributed by atoms with Crippen molar-refractivity contribution < 1.29 is 19.5 Å². The molecule has 1 heterocycles. The van der Waals surface area contributed by atoms with E-state index in [1.165, 1.54) is 11.8 Å². The van der Waals surface area contributed by atoms with Crippen molar-refractivity contribution >= 4 is 23.9 Å². The number of nitrogens with two attached hydrogens (primary N) is 2. The van der Waals surface area contributed by atoms with Gasteiger partial charge in [-0.2, -0.15) is 0 Å². The van der Waals surface area contributed by atoms with Crippen molar-refractivity contribution in [2.24, 2.45) is 22.4 Å². The lowest BCUT2D eigenvalue weighted by atomic mass is 9.93. The standard InChI is InChI=1S/C14H26N6O4/c1-4-5-19(3)12(22)11(17-8(2)21)9-6-20(14(23)24)7-10(9)18-13(15)16/h9-11H,4-7H2,1-3H3,(H,17,21)(H,23,24)(H4,15,16,18)/t9-,10-,11?/m0/s1. The Bertz CT molecular complexity index is 519. The molecule has 1 aliphatic heterocycles. The number of hydrogen-bond acceptors (Lipinski definition) is 4. The highest BCUT2D eigenvalue weighted by Crippen LogP contribution is 2.24. The number of nitrogens with one attached hydrogen (secondary N) is 1. The Kier molecular flexibility index (Phi) is 6.81. The van der Waals surface area contributed by atoms with E-state index in [1.54, 1.807) is 7.05 Å². The fourth-order valence-corrected chi connectivity index (χ4v) is 2.88. The zero-order chi connectivity index (χ0) is 18.4. The van der Waals surface area contributed by atoms with Crippen LogP contribution in [0.15, 0.2) is 4.99 Å². The van der Waals surface area contributed by atoms with Crippen LogP contribution in [-0.4, -0.2) is 77.5 Å². The Balaban J connectivity index is 3.12. The summed E-state index contributed by atoms with van der Waals surface area (Å²) < 4.78 is 0. The van der Waals surface area contributed by atoms with E-state index in [2.05, 4.69) is 10.3 Å². The molecule has 1 unspecified atom stereocenters. The zero-order valence-electron chi connectivity index (χ0n) is 14.2. The number of carboxylic acid groups (broad SMARTS) is 1. The Hall–Kier alpha value is -2.52. The van der Waals surface area contributed by atoms with Gasteiger partial charge >= 0.3 is 6.09 Å². The van der Waals surface area contributed by atoms with E-state index in [9.17, 15) is 19.5 Å². The number of carbonyl (C=O) groups is 3. The van der Waals surface area contributed by atoms with Gasteiger partial charge in [-0.15, -0.1) is 0 Å². The van der Waals surface area contributed by atoms with Crippen LogP contribution in [0, 0.1) is 5.92 Å². The molecule has 24 heavy (non-hydrogen) atoms. The van der Waals surface area contributed by atoms with Gasteiger partial charge in [0.05, 0.1) is 6.04 Å². The molecule has 6 N–H and O–H groups in total. The lowest BCUT2D eigenvalue weighted by Gasteiger charge is -2.29. The number of amides is 3. The average Bonchev–Trinajstić information content (AvgIpc) is 2.87. The van der Waals surface area contributed by atoms with E-state index in [4.69, 9.17) is 11.5 Å². The molecule has 0 aromatic heterocycles. The molecule has 0 aliphatic carbocycles. The van der Waals surface area contributed by atoms with Gasteiger partial charge in [0, 0.05) is 39.5 Å². The molecule has 3 amide bonds. The summed E-state index contributed by atoms with van der Waals surface area (Å²) in [6, 6.07) is -1.49. The van der Waals surface area contributed by atoms with Gasteiger partial charge in [0.15, 0.2) is 5.96 Å². The Morgan fingerprint density at radius 3 is 2.46 bits per heavy atom. The number of guanidine groups is 1. The first kappa shape index (κ1) is 19.5. The minimum absolute atomic E-state index is 0.0629. The van der Waals surface area contributed by atoms with E-state index >= 15 is 0 Å². The van der Waals surface area contributed by atoms with Crippen molar-refractivity contribution in [3.05, 3.63) is 0 Å². The zero-order valence-corrected chi connectivity index (χ0v) is 14.2. The summed E-state index contributed by atoms with van der Waals surface area (Å²) in [5.41, 5.74) is 10.8. The summed E-state index contributed by atoms with van der Waals surface area (Å²) in [6.45, 7) is 3.89. The third-order valence-corrected chi connectivity index (χ3v) is 3.91. The Morgan fingerprint density at radius 1 is 1.38 bits per heavy atom. The van der Waals surface area contributed by atoms with Gasteiger partial charge < -0.3 is 31.7 Å². The second-order valence-electron chi connectivity index (χ2n) is 5.91. The molecule has 3 atom stereocenters. The topological polar surface area (TPSA) is 154 Å². The molecule has 1 rings (SSSR count). The fourth-order valence-electron chi connectivity index (χ4n) is 2.88. The first-order valence-corrected chi connectivity index (χ1v) is 7.76. The van der Waals surface area contributed by atoms with Gasteiger partial charge in [-0.3, -0.25) is 9.59 Å². The monoisotopic (exact) mass is 342 g/mol. The minimum atomic E-state index is -1.12. The number of rotatable bonds is 6. The van der Waals surface area contributed by atoms with Gasteiger partial charge in [0.1, 0.15) is 6.04 Å². The lowest BCUT2D eigenvalue weighted by Crippen LogP contribution is -2.53. The maximum absolute atomic E-state index is 12.7. The Labute approximate surface area is 140 Å². The first-order valence-electron chi connectivity index (χ1n) is 7.76. The molecule has 0 spiro atoms. The smallest absolute Gasteiger partial charge is 0.407 e. The number of aliphatic imine (C=N–C) groups is 1. The maximum Gasteiger partial charge on any atom is 0.407 e. The van der Waals surface area contributed by atoms with Gasteiger partial charge in [-0.1, -0.05) is 6.92 Å². The fraction of sp³-hybridized carbons (Fsp3) is 0.714. The first-order chi connectivity index (χ1) is 11.2. The van der Waals surface area contributed by atoms with E-state index in [-0.39, 0.29) is 30.9 Å². The van der Waals surface area contributed by atoms with Crippen LogP contribution in [0.1, 0.15) is 20.3 Å². The van der Waals surface area contributed by atoms with Crippen LogP contribution >= 0.6 is 0 Å². The summed E-state index contributed by atoms with van der Waals surface area (Å²) in [7, 11) is 1.64. The molecular weight excluding hydrogens is 316 g/mol. The molecular formula is C14H26N6O4. The number of likely N-dealkylation sites (tertiary alicyclic amines) is 1. The molecule has 0 saturated carbocycles. The van der Waals surface area contributed by atoms with Crippen LogP contribution in [0.25, 0.3) is 0 Å². The van der Waals surface area contributed by atoms with Crippen molar-refractivity contribution in [1.82, 2.24) is 15.1 Å². The van der Waals surface area contributed by atoms with Gasteiger partial charge in [0.2, 0.25) is 11.8 Å². The van der Waals surface area contributed by atoms with E-state index in [0.717, 1.165) is 11.3 Å². The predicted molar refractivity (Wildman–Crippen MR) is 88.2 cm³/mol. The van der Waals surface area contributed by atoms with Crippen molar-refractivity contribution in [2.45, 2.75) is 32.4 Å². The molecule has 1 saturated heterocycles. The maximum atomic E-state index is 12.7. The third kappa shape index (κ3) is 5.00. The van der Waals surface area contributed by atoms with Crippen LogP contribution in [0.5, 0.6) is 0 Å². The third-order valence-electron chi connectivity index (χ3n) is 3.91. The molecule has 10 heteroatoms. The number of nitrogens with zero attached hydrogens (tertiary/aromatic N) is 3. The van der Waals surface area contributed by atoms with Crippen molar-refractivity contribution in [1.29, 1.82) is 0 Å². The molecule has 0 bridgehead atoms. The summed E-state index contributed by atoms with van der Waals surface area (Å²) in [4.78, 5) is 42.2. The average molecular weight is 342 g/mol. The van der Waals surface area contributed by atoms with Crippen LogP contribution < -0.4 is 16.8 Å². The lowest BCUT2D eigenvalue weighted by molar-refractivity contribution is -0.136. The molecule has 0 radical (unpaired) electrons. The van der Waals surface area contributed by atoms with Crippen LogP contribution in [0.3, 0.4) is 0 Å². The van der Waals surface area contributed by atoms with Gasteiger partial charge in [-0.05, 0) is 6.42 Å². The van der Waals surface area contributed by atoms with E-state index in [1.807, 2.05) is 6.92 Å². The number of hydrogen-bond donors (Lipinski definition) is 4. The molecule has 1 aliphatic rings. The largest absolute Gasteiger partial charge is 0.465 e. The highest BCUT2D eigenvalue weighted by Gasteiger charge is 2.44. The summed E-state index contributed by atoms with van der Waals surface area (Å²) in [5.74, 6) is -1.40. The van der Waals surface area contributed by atoms with Crippen molar-refractivity contribution in [2.75, 3.05) is 26.7 Å². The number of carbonyl (C=O) groups excluding carboxylic acids is 2. The summed E-state index contributed by atoms with van der Waals surface area (Å²) in [5, 5.41) is 11.8. The second kappa shape index (κ2) is 8.37. The highest BCUT2D eigenvalue weighted by molar-refractivity contribution is 5.87. The highest BCUT2D eigenvalue weighted by atomic mass is 16.4. The number of likely N-dealkylation sites (N-methyl/N-ethyl adjacent to an activating group) is 1. The Morgan fingerprint density at radius 2 is 2.00 bits per heavy atom. The van der Waals surface area contributed by atoms with Crippen LogP contribution in [0.2, 0.25) is 0 Å². The quantitative estimate of drug-likeness (QED) is 0.344. The normalized spacial score (nSPS) is 21.0. The molecule has 0 aromatic carbocycles. The SMILES string of the molecule is CCCN(C)C(=O)C(NC(C)=O)[C@H]1CN(C(=O)O)C[C@@H]1N=C(N)N. The second-order valence-corrected chi connectivity index (χ2v) is 5.91. The van der Waals surface area contributed by atoms with E-state index in [0.29, 0.717) is 6.54 Å². The predicted octanol–water partition coefficient (Wildman–Crippen LogP) is -1.39. The van der Waals surface area contributed by atoms with Crippen LogP contribution in [0.4, 0.5) is 4.79 Å². The van der Waals surface area contributed by atoms with E-state index < -0.39 is 24.1 Å². The van der Waals surface area contributed by atoms with Gasteiger partial charge in [0.25, 0.3) is 0 Å². The molecule has 0 aromatic rings.